The molecule has 0 bridgehead atoms. The Morgan fingerprint density at radius 3 is 2.00 bits per heavy atom. The van der Waals surface area contributed by atoms with Gasteiger partial charge in [0.1, 0.15) is 6.04 Å². The Kier molecular flexibility index (Phi) is 8.45. The van der Waals surface area contributed by atoms with Crippen molar-refractivity contribution in [2.75, 3.05) is 25.9 Å². The van der Waals surface area contributed by atoms with Gasteiger partial charge in [0.2, 0.25) is 20.0 Å². The van der Waals surface area contributed by atoms with Crippen LogP contribution >= 0.6 is 11.8 Å². The lowest BCUT2D eigenvalue weighted by molar-refractivity contribution is -0.125. The van der Waals surface area contributed by atoms with Gasteiger partial charge in [-0.25, -0.2) is 22.3 Å². The quantitative estimate of drug-likeness (QED) is 0.258. The monoisotopic (exact) mass is 558 g/mol. The van der Waals surface area contributed by atoms with Crippen LogP contribution in [-0.2, 0) is 24.8 Å². The molecule has 1 saturated heterocycles. The topological polar surface area (TPSA) is 116 Å². The first kappa shape index (κ1) is 27.0. The smallest absolute Gasteiger partial charge is 0.259 e. The van der Waals surface area contributed by atoms with Gasteiger partial charge in [-0.1, -0.05) is 48.5 Å². The van der Waals surface area contributed by atoms with Crippen molar-refractivity contribution >= 4 is 43.9 Å². The molecule has 0 unspecified atom stereocenters. The molecule has 194 valence electrons. The molecule has 0 radical (unpaired) electrons. The number of thioether (sulfide) groups is 1. The van der Waals surface area contributed by atoms with E-state index in [4.69, 9.17) is 0 Å². The van der Waals surface area contributed by atoms with Crippen LogP contribution in [0.15, 0.2) is 105 Å². The first-order valence-corrected chi connectivity index (χ1v) is 15.4. The van der Waals surface area contributed by atoms with Crippen LogP contribution in [0.3, 0.4) is 0 Å². The molecular weight excluding hydrogens is 532 g/mol. The lowest BCUT2D eigenvalue weighted by Gasteiger charge is -2.38. The van der Waals surface area contributed by atoms with Crippen LogP contribution in [0, 0.1) is 0 Å². The van der Waals surface area contributed by atoms with Crippen LogP contribution in [0.2, 0.25) is 0 Å². The molecule has 0 aromatic heterocycles. The average molecular weight is 559 g/mol. The molecule has 1 amide bonds. The van der Waals surface area contributed by atoms with Crippen molar-refractivity contribution in [1.29, 1.82) is 0 Å². The molecule has 1 N–H and O–H groups in total. The van der Waals surface area contributed by atoms with Gasteiger partial charge in [-0.05, 0) is 48.2 Å². The van der Waals surface area contributed by atoms with Crippen LogP contribution in [0.25, 0.3) is 0 Å². The number of benzene rings is 3. The Labute approximate surface area is 221 Å². The number of hydrazone groups is 1. The summed E-state index contributed by atoms with van der Waals surface area (Å²) in [5.41, 5.74) is 3.13. The highest BCUT2D eigenvalue weighted by molar-refractivity contribution is 7.98. The molecule has 1 fully saturated rings. The molecule has 1 aliphatic heterocycles. The third kappa shape index (κ3) is 6.11. The van der Waals surface area contributed by atoms with E-state index in [2.05, 4.69) is 10.5 Å². The molecule has 12 heteroatoms. The number of amides is 1. The van der Waals surface area contributed by atoms with Crippen molar-refractivity contribution in [2.24, 2.45) is 5.10 Å². The largest absolute Gasteiger partial charge is 0.271 e. The maximum atomic E-state index is 13.4. The van der Waals surface area contributed by atoms with Gasteiger partial charge in [-0.15, -0.1) is 11.8 Å². The van der Waals surface area contributed by atoms with Gasteiger partial charge in [0.05, 0.1) is 16.0 Å². The van der Waals surface area contributed by atoms with Crippen LogP contribution in [0.1, 0.15) is 5.56 Å². The van der Waals surface area contributed by atoms with E-state index in [-0.39, 0.29) is 29.4 Å². The number of piperazine rings is 1. The second kappa shape index (κ2) is 11.6. The zero-order chi connectivity index (χ0) is 26.5. The number of carbonyl (C=O) groups is 1. The summed E-state index contributed by atoms with van der Waals surface area (Å²) in [6, 6.07) is 21.7. The van der Waals surface area contributed by atoms with Crippen LogP contribution < -0.4 is 5.43 Å². The molecule has 9 nitrogen and oxygen atoms in total. The molecule has 4 rings (SSSR count). The molecule has 37 heavy (non-hydrogen) atoms. The van der Waals surface area contributed by atoms with Crippen LogP contribution in [0.4, 0.5) is 0 Å². The SMILES string of the molecule is CSc1ccc(/C=N\NC(=O)[C@@H]2CN(S(=O)(=O)c3ccccc3)CCN2S(=O)(=O)c2ccccc2)cc1. The van der Waals surface area contributed by atoms with E-state index in [0.29, 0.717) is 0 Å². The number of hydrogen-bond acceptors (Lipinski definition) is 7. The number of carbonyl (C=O) groups excluding carboxylic acids is 1. The number of rotatable bonds is 8. The van der Waals surface area contributed by atoms with Gasteiger partial charge in [0.25, 0.3) is 5.91 Å². The zero-order valence-corrected chi connectivity index (χ0v) is 22.4. The lowest BCUT2D eigenvalue weighted by atomic mass is 10.2. The third-order valence-corrected chi connectivity index (χ3v) is 10.4. The van der Waals surface area contributed by atoms with Gasteiger partial charge < -0.3 is 0 Å². The predicted molar refractivity (Wildman–Crippen MR) is 143 cm³/mol. The minimum absolute atomic E-state index is 0.0181. The number of nitrogens with zero attached hydrogens (tertiary/aromatic N) is 3. The van der Waals surface area contributed by atoms with Crippen molar-refractivity contribution in [3.8, 4) is 0 Å². The average Bonchev–Trinajstić information content (AvgIpc) is 2.94. The standard InChI is InChI=1S/C25H26N4O5S3/c1-35-21-14-12-20(13-15-21)18-26-27-25(30)24-19-28(36(31,32)22-8-4-2-5-9-22)16-17-29(24)37(33,34)23-10-6-3-7-11-23/h2-15,18,24H,16-17,19H2,1H3,(H,27,30)/b26-18-/t24-/m0/s1. The fourth-order valence-electron chi connectivity index (χ4n) is 3.87. The Bertz CT molecular complexity index is 1460. The Balaban J connectivity index is 1.60. The summed E-state index contributed by atoms with van der Waals surface area (Å²) in [5.74, 6) is -0.732. The molecular formula is C25H26N4O5S3. The molecule has 0 spiro atoms. The Hall–Kier alpha value is -3.03. The van der Waals surface area contributed by atoms with Crippen molar-refractivity contribution in [3.05, 3.63) is 90.5 Å². The van der Waals surface area contributed by atoms with E-state index in [0.717, 1.165) is 19.1 Å². The van der Waals surface area contributed by atoms with Gasteiger partial charge in [-0.2, -0.15) is 13.7 Å². The molecule has 1 heterocycles. The molecule has 0 saturated carbocycles. The van der Waals surface area contributed by atoms with Gasteiger partial charge in [0.15, 0.2) is 0 Å². The second-order valence-electron chi connectivity index (χ2n) is 8.13. The second-order valence-corrected chi connectivity index (χ2v) is 12.8. The lowest BCUT2D eigenvalue weighted by Crippen LogP contribution is -2.60. The molecule has 1 aliphatic rings. The van der Waals surface area contributed by atoms with E-state index in [9.17, 15) is 21.6 Å². The molecule has 3 aromatic rings. The summed E-state index contributed by atoms with van der Waals surface area (Å²) in [4.78, 5) is 14.4. The van der Waals surface area contributed by atoms with Crippen molar-refractivity contribution in [3.63, 3.8) is 0 Å². The van der Waals surface area contributed by atoms with E-state index < -0.39 is 32.0 Å². The first-order valence-electron chi connectivity index (χ1n) is 11.3. The van der Waals surface area contributed by atoms with Crippen molar-refractivity contribution < 1.29 is 21.6 Å². The molecule has 1 atom stereocenters. The van der Waals surface area contributed by atoms with Gasteiger partial charge in [0, 0.05) is 24.5 Å². The van der Waals surface area contributed by atoms with Crippen molar-refractivity contribution in [2.45, 2.75) is 20.7 Å². The highest BCUT2D eigenvalue weighted by Gasteiger charge is 2.43. The highest BCUT2D eigenvalue weighted by Crippen LogP contribution is 2.25. The van der Waals surface area contributed by atoms with Gasteiger partial charge in [-0.3, -0.25) is 4.79 Å². The fourth-order valence-corrected chi connectivity index (χ4v) is 7.32. The maximum absolute atomic E-state index is 13.4. The summed E-state index contributed by atoms with van der Waals surface area (Å²) in [5, 5.41) is 3.99. The van der Waals surface area contributed by atoms with Gasteiger partial charge >= 0.3 is 0 Å². The molecule has 3 aromatic carbocycles. The zero-order valence-electron chi connectivity index (χ0n) is 20.0. The summed E-state index contributed by atoms with van der Waals surface area (Å²) in [6.07, 6.45) is 3.41. The minimum Gasteiger partial charge on any atom is -0.271 e. The minimum atomic E-state index is -4.08. The normalized spacial score (nSPS) is 17.6. The fraction of sp³-hybridized carbons (Fsp3) is 0.200. The predicted octanol–water partition coefficient (Wildman–Crippen LogP) is 2.62. The van der Waals surface area contributed by atoms with E-state index in [1.807, 2.05) is 30.5 Å². The Morgan fingerprint density at radius 2 is 1.43 bits per heavy atom. The van der Waals surface area contributed by atoms with Crippen LogP contribution in [-0.4, -0.2) is 69.5 Å². The maximum Gasteiger partial charge on any atom is 0.259 e. The summed E-state index contributed by atoms with van der Waals surface area (Å²) >= 11 is 1.60. The van der Waals surface area contributed by atoms with E-state index >= 15 is 0 Å². The first-order chi connectivity index (χ1) is 17.7. The Morgan fingerprint density at radius 1 is 0.865 bits per heavy atom. The van der Waals surface area contributed by atoms with E-state index in [1.165, 1.54) is 30.5 Å². The summed E-state index contributed by atoms with van der Waals surface area (Å²) < 4.78 is 55.5. The van der Waals surface area contributed by atoms with E-state index in [1.54, 1.807) is 48.2 Å². The molecule has 0 aliphatic carbocycles. The number of sulfonamides is 2. The number of hydrogen-bond donors (Lipinski definition) is 1. The summed E-state index contributed by atoms with van der Waals surface area (Å²) in [7, 11) is -8.02. The number of nitrogens with one attached hydrogen (secondary N) is 1. The van der Waals surface area contributed by atoms with Crippen LogP contribution in [0.5, 0.6) is 0 Å². The summed E-state index contributed by atoms with van der Waals surface area (Å²) in [6.45, 7) is -0.646. The highest BCUT2D eigenvalue weighted by atomic mass is 32.2. The third-order valence-electron chi connectivity index (χ3n) is 5.83. The van der Waals surface area contributed by atoms with Crippen molar-refractivity contribution in [1.82, 2.24) is 14.0 Å².